The van der Waals surface area contributed by atoms with Crippen molar-refractivity contribution in [3.8, 4) is 0 Å². The number of nitrogens with zero attached hydrogens (tertiary/aromatic N) is 1. The van der Waals surface area contributed by atoms with Gasteiger partial charge in [0.15, 0.2) is 5.76 Å². The van der Waals surface area contributed by atoms with Gasteiger partial charge in [-0.05, 0) is 25.7 Å². The average Bonchev–Trinajstić information content (AvgIpc) is 2.54. The Kier molecular flexibility index (Phi) is 1.74. The molecule has 2 aliphatic rings. The zero-order chi connectivity index (χ0) is 9.54. The summed E-state index contributed by atoms with van der Waals surface area (Å²) in [6, 6.07) is 2.55. The van der Waals surface area contributed by atoms with Crippen molar-refractivity contribution < 1.29 is 4.52 Å². The first-order valence-electron chi connectivity index (χ1n) is 5.22. The van der Waals surface area contributed by atoms with Crippen molar-refractivity contribution in [1.82, 2.24) is 10.5 Å². The van der Waals surface area contributed by atoms with Crippen molar-refractivity contribution in [3.63, 3.8) is 0 Å². The Morgan fingerprint density at radius 2 is 2.50 bits per heavy atom. The normalized spacial score (nSPS) is 30.5. The highest BCUT2D eigenvalue weighted by molar-refractivity contribution is 5.68. The standard InChI is InChI=1S/C11H14N2O/c1-7-5-10(14-13-7)9-4-2-3-8-6-12-11(8)9/h4-5,8,11-12H,2-3,6H2,1H3/t8-,11+/m1/s1. The van der Waals surface area contributed by atoms with Crippen molar-refractivity contribution in [2.45, 2.75) is 25.8 Å². The quantitative estimate of drug-likeness (QED) is 0.733. The molecule has 14 heavy (non-hydrogen) atoms. The van der Waals surface area contributed by atoms with Gasteiger partial charge in [-0.25, -0.2) is 0 Å². The van der Waals surface area contributed by atoms with E-state index in [1.54, 1.807) is 0 Å². The van der Waals surface area contributed by atoms with Crippen LogP contribution in [0.2, 0.25) is 0 Å². The van der Waals surface area contributed by atoms with Crippen LogP contribution in [0.1, 0.15) is 24.3 Å². The maximum absolute atomic E-state index is 5.30. The minimum atomic E-state index is 0.524. The van der Waals surface area contributed by atoms with E-state index in [1.807, 2.05) is 13.0 Å². The highest BCUT2D eigenvalue weighted by Crippen LogP contribution is 2.35. The molecule has 1 aromatic heterocycles. The van der Waals surface area contributed by atoms with Gasteiger partial charge in [0.05, 0.1) is 5.69 Å². The van der Waals surface area contributed by atoms with Crippen LogP contribution >= 0.6 is 0 Å². The Morgan fingerprint density at radius 3 is 3.14 bits per heavy atom. The molecular weight excluding hydrogens is 176 g/mol. The van der Waals surface area contributed by atoms with Gasteiger partial charge in [-0.3, -0.25) is 0 Å². The van der Waals surface area contributed by atoms with E-state index in [-0.39, 0.29) is 0 Å². The third kappa shape index (κ3) is 1.12. The van der Waals surface area contributed by atoms with Crippen LogP contribution in [0.5, 0.6) is 0 Å². The molecule has 1 fully saturated rings. The number of aromatic nitrogens is 1. The molecule has 74 valence electrons. The molecule has 2 heterocycles. The predicted molar refractivity (Wildman–Crippen MR) is 53.7 cm³/mol. The van der Waals surface area contributed by atoms with Crippen LogP contribution in [0.15, 0.2) is 16.7 Å². The first-order chi connectivity index (χ1) is 6.84. The largest absolute Gasteiger partial charge is 0.356 e. The lowest BCUT2D eigenvalue weighted by Gasteiger charge is -2.41. The maximum Gasteiger partial charge on any atom is 0.164 e. The number of allylic oxidation sites excluding steroid dienone is 1. The van der Waals surface area contributed by atoms with Gasteiger partial charge in [0, 0.05) is 24.2 Å². The third-order valence-corrected chi connectivity index (χ3v) is 3.22. The topological polar surface area (TPSA) is 38.1 Å². The Hall–Kier alpha value is -1.09. The molecule has 0 radical (unpaired) electrons. The highest BCUT2D eigenvalue weighted by atomic mass is 16.5. The zero-order valence-electron chi connectivity index (χ0n) is 8.29. The maximum atomic E-state index is 5.30. The highest BCUT2D eigenvalue weighted by Gasteiger charge is 2.36. The first-order valence-corrected chi connectivity index (χ1v) is 5.22. The van der Waals surface area contributed by atoms with Crippen LogP contribution in [-0.4, -0.2) is 17.7 Å². The number of hydrogen-bond donors (Lipinski definition) is 1. The van der Waals surface area contributed by atoms with E-state index < -0.39 is 0 Å². The summed E-state index contributed by atoms with van der Waals surface area (Å²) >= 11 is 0. The molecule has 2 atom stereocenters. The summed E-state index contributed by atoms with van der Waals surface area (Å²) < 4.78 is 5.30. The first kappa shape index (κ1) is 8.24. The zero-order valence-corrected chi connectivity index (χ0v) is 8.29. The molecule has 1 aliphatic heterocycles. The van der Waals surface area contributed by atoms with Crippen LogP contribution in [-0.2, 0) is 0 Å². The molecule has 0 aromatic carbocycles. The fourth-order valence-corrected chi connectivity index (χ4v) is 2.37. The SMILES string of the molecule is Cc1cc(C2=CCC[C@@H]3CN[C@H]23)on1. The Morgan fingerprint density at radius 1 is 1.57 bits per heavy atom. The number of nitrogens with one attached hydrogen (secondary N) is 1. The van der Waals surface area contributed by atoms with Crippen LogP contribution in [0.25, 0.3) is 5.57 Å². The number of aryl methyl sites for hydroxylation is 1. The molecule has 0 spiro atoms. The molecule has 0 bridgehead atoms. The van der Waals surface area contributed by atoms with Gasteiger partial charge in [-0.1, -0.05) is 11.2 Å². The molecule has 1 N–H and O–H groups in total. The lowest BCUT2D eigenvalue weighted by molar-refractivity contribution is 0.257. The molecule has 1 aliphatic carbocycles. The van der Waals surface area contributed by atoms with Crippen LogP contribution in [0.3, 0.4) is 0 Å². The average molecular weight is 190 g/mol. The molecule has 3 heteroatoms. The van der Waals surface area contributed by atoms with E-state index in [0.717, 1.165) is 23.9 Å². The molecule has 1 aromatic rings. The van der Waals surface area contributed by atoms with Crippen molar-refractivity contribution >= 4 is 5.57 Å². The summed E-state index contributed by atoms with van der Waals surface area (Å²) in [6.45, 7) is 3.12. The fraction of sp³-hybridized carbons (Fsp3) is 0.545. The second-order valence-electron chi connectivity index (χ2n) is 4.22. The van der Waals surface area contributed by atoms with Gasteiger partial charge in [0.2, 0.25) is 0 Å². The monoisotopic (exact) mass is 190 g/mol. The predicted octanol–water partition coefficient (Wildman–Crippen LogP) is 1.75. The van der Waals surface area contributed by atoms with Crippen molar-refractivity contribution in [3.05, 3.63) is 23.6 Å². The lowest BCUT2D eigenvalue weighted by atomic mass is 9.77. The van der Waals surface area contributed by atoms with Gasteiger partial charge in [0.25, 0.3) is 0 Å². The van der Waals surface area contributed by atoms with Crippen molar-refractivity contribution in [2.24, 2.45) is 5.92 Å². The van der Waals surface area contributed by atoms with E-state index in [1.165, 1.54) is 18.4 Å². The van der Waals surface area contributed by atoms with Gasteiger partial charge in [0.1, 0.15) is 0 Å². The molecular formula is C11H14N2O. The third-order valence-electron chi connectivity index (χ3n) is 3.22. The summed E-state index contributed by atoms with van der Waals surface area (Å²) in [6.07, 6.45) is 4.78. The van der Waals surface area contributed by atoms with E-state index in [4.69, 9.17) is 4.52 Å². The molecule has 0 unspecified atom stereocenters. The number of hydrogen-bond acceptors (Lipinski definition) is 3. The lowest BCUT2D eigenvalue weighted by Crippen LogP contribution is -2.54. The molecule has 0 amide bonds. The number of fused-ring (bicyclic) bond motifs is 1. The Labute approximate surface area is 83.2 Å². The molecule has 0 saturated carbocycles. The van der Waals surface area contributed by atoms with Gasteiger partial charge in [-0.15, -0.1) is 0 Å². The molecule has 1 saturated heterocycles. The second kappa shape index (κ2) is 2.95. The molecule has 3 nitrogen and oxygen atoms in total. The van der Waals surface area contributed by atoms with E-state index in [2.05, 4.69) is 16.5 Å². The van der Waals surface area contributed by atoms with E-state index >= 15 is 0 Å². The number of rotatable bonds is 1. The van der Waals surface area contributed by atoms with E-state index in [0.29, 0.717) is 6.04 Å². The van der Waals surface area contributed by atoms with Crippen molar-refractivity contribution in [1.29, 1.82) is 0 Å². The van der Waals surface area contributed by atoms with Gasteiger partial charge < -0.3 is 9.84 Å². The smallest absolute Gasteiger partial charge is 0.164 e. The Balaban J connectivity index is 1.93. The van der Waals surface area contributed by atoms with E-state index in [9.17, 15) is 0 Å². The summed E-state index contributed by atoms with van der Waals surface area (Å²) in [7, 11) is 0. The van der Waals surface area contributed by atoms with Crippen LogP contribution in [0.4, 0.5) is 0 Å². The minimum Gasteiger partial charge on any atom is -0.356 e. The van der Waals surface area contributed by atoms with Crippen LogP contribution in [0, 0.1) is 12.8 Å². The summed E-state index contributed by atoms with van der Waals surface area (Å²) in [5.74, 6) is 1.77. The second-order valence-corrected chi connectivity index (χ2v) is 4.22. The van der Waals surface area contributed by atoms with Crippen molar-refractivity contribution in [2.75, 3.05) is 6.54 Å². The van der Waals surface area contributed by atoms with Gasteiger partial charge in [-0.2, -0.15) is 0 Å². The summed E-state index contributed by atoms with van der Waals surface area (Å²) in [5.41, 5.74) is 2.27. The summed E-state index contributed by atoms with van der Waals surface area (Å²) in [5, 5.41) is 7.38. The molecule has 3 rings (SSSR count). The Bertz CT molecular complexity index is 380. The fourth-order valence-electron chi connectivity index (χ4n) is 2.37. The van der Waals surface area contributed by atoms with Gasteiger partial charge >= 0.3 is 0 Å². The summed E-state index contributed by atoms with van der Waals surface area (Å²) in [4.78, 5) is 0. The van der Waals surface area contributed by atoms with Crippen LogP contribution < -0.4 is 5.32 Å². The minimum absolute atomic E-state index is 0.524.